The van der Waals surface area contributed by atoms with Crippen molar-refractivity contribution in [3.63, 3.8) is 0 Å². The molecule has 8 rings (SSSR count). The van der Waals surface area contributed by atoms with Crippen LogP contribution >= 0.6 is 0 Å². The van der Waals surface area contributed by atoms with Gasteiger partial charge in [-0.3, -0.25) is 0 Å². The van der Waals surface area contributed by atoms with Gasteiger partial charge in [0.2, 0.25) is 0 Å². The van der Waals surface area contributed by atoms with E-state index in [0.29, 0.717) is 0 Å². The molecule has 0 fully saturated rings. The van der Waals surface area contributed by atoms with Gasteiger partial charge in [-0.05, 0) is 123 Å². The van der Waals surface area contributed by atoms with Gasteiger partial charge < -0.3 is 4.90 Å². The maximum atomic E-state index is 2.33. The molecule has 0 spiro atoms. The topological polar surface area (TPSA) is 3.24 Å². The summed E-state index contributed by atoms with van der Waals surface area (Å²) < 4.78 is 0. The standard InChI is InChI=1S/C50H39N/c1-36-11-9-10-16-49(36)50-35-45(18-17-37(50)2)44-29-33-48(34-30-44)51(46-14-7-4-8-15-46)47-31-27-43(28-32-47)42-25-23-41(24-26-42)40-21-19-39(20-22-40)38-12-5-3-6-13-38/h3-35H,1-2H3. The Balaban J connectivity index is 1.04. The lowest BCUT2D eigenvalue weighted by Crippen LogP contribution is -2.09. The first-order chi connectivity index (χ1) is 25.1. The van der Waals surface area contributed by atoms with Crippen molar-refractivity contribution in [1.29, 1.82) is 0 Å². The second-order valence-corrected chi connectivity index (χ2v) is 13.1. The van der Waals surface area contributed by atoms with Crippen molar-refractivity contribution in [3.05, 3.63) is 211 Å². The molecule has 0 amide bonds. The van der Waals surface area contributed by atoms with Gasteiger partial charge >= 0.3 is 0 Å². The molecule has 1 heteroatoms. The summed E-state index contributed by atoms with van der Waals surface area (Å²) in [5.41, 5.74) is 18.2. The first kappa shape index (κ1) is 31.8. The van der Waals surface area contributed by atoms with Gasteiger partial charge in [0, 0.05) is 17.1 Å². The van der Waals surface area contributed by atoms with Crippen molar-refractivity contribution in [3.8, 4) is 55.6 Å². The van der Waals surface area contributed by atoms with Crippen LogP contribution in [0, 0.1) is 13.8 Å². The Bertz CT molecular complexity index is 2370. The van der Waals surface area contributed by atoms with Crippen LogP contribution in [0.25, 0.3) is 55.6 Å². The van der Waals surface area contributed by atoms with Crippen LogP contribution in [0.15, 0.2) is 200 Å². The lowest BCUT2D eigenvalue weighted by Gasteiger charge is -2.26. The monoisotopic (exact) mass is 653 g/mol. The number of anilines is 3. The Morgan fingerprint density at radius 1 is 0.255 bits per heavy atom. The molecule has 0 bridgehead atoms. The number of nitrogens with zero attached hydrogens (tertiary/aromatic N) is 1. The largest absolute Gasteiger partial charge is 0.311 e. The summed E-state index contributed by atoms with van der Waals surface area (Å²) in [6, 6.07) is 72.1. The SMILES string of the molecule is Cc1ccccc1-c1cc(-c2ccc(N(c3ccccc3)c3ccc(-c4ccc(-c5ccc(-c6ccccc6)cc5)cc4)cc3)cc2)ccc1C. The highest BCUT2D eigenvalue weighted by atomic mass is 15.1. The Kier molecular flexibility index (Phi) is 8.85. The molecule has 0 unspecified atom stereocenters. The van der Waals surface area contributed by atoms with E-state index in [-0.39, 0.29) is 0 Å². The van der Waals surface area contributed by atoms with E-state index in [0.717, 1.165) is 17.1 Å². The van der Waals surface area contributed by atoms with E-state index in [1.807, 2.05) is 0 Å². The number of hydrogen-bond donors (Lipinski definition) is 0. The van der Waals surface area contributed by atoms with Gasteiger partial charge in [-0.15, -0.1) is 0 Å². The van der Waals surface area contributed by atoms with Crippen molar-refractivity contribution < 1.29 is 0 Å². The highest BCUT2D eigenvalue weighted by Gasteiger charge is 2.14. The van der Waals surface area contributed by atoms with Crippen LogP contribution in [0.5, 0.6) is 0 Å². The fourth-order valence-electron chi connectivity index (χ4n) is 6.94. The quantitative estimate of drug-likeness (QED) is 0.158. The molecule has 244 valence electrons. The van der Waals surface area contributed by atoms with Gasteiger partial charge in [0.15, 0.2) is 0 Å². The van der Waals surface area contributed by atoms with Gasteiger partial charge in [0.1, 0.15) is 0 Å². The molecule has 0 saturated carbocycles. The van der Waals surface area contributed by atoms with E-state index in [1.165, 1.54) is 66.8 Å². The van der Waals surface area contributed by atoms with E-state index in [4.69, 9.17) is 0 Å². The minimum absolute atomic E-state index is 1.12. The molecule has 51 heavy (non-hydrogen) atoms. The van der Waals surface area contributed by atoms with Crippen molar-refractivity contribution in [2.45, 2.75) is 13.8 Å². The van der Waals surface area contributed by atoms with Crippen molar-refractivity contribution in [2.24, 2.45) is 0 Å². The molecule has 0 atom stereocenters. The molecule has 0 aromatic heterocycles. The number of aryl methyl sites for hydroxylation is 2. The average Bonchev–Trinajstić information content (AvgIpc) is 3.20. The van der Waals surface area contributed by atoms with Crippen LogP contribution in [0.2, 0.25) is 0 Å². The molecule has 0 saturated heterocycles. The average molecular weight is 654 g/mol. The van der Waals surface area contributed by atoms with E-state index >= 15 is 0 Å². The summed E-state index contributed by atoms with van der Waals surface area (Å²) >= 11 is 0. The molecule has 1 nitrogen and oxygen atoms in total. The highest BCUT2D eigenvalue weighted by molar-refractivity contribution is 5.82. The normalized spacial score (nSPS) is 10.9. The number of hydrogen-bond acceptors (Lipinski definition) is 1. The third-order valence-electron chi connectivity index (χ3n) is 9.82. The summed E-state index contributed by atoms with van der Waals surface area (Å²) in [4.78, 5) is 2.32. The molecule has 0 aliphatic heterocycles. The summed E-state index contributed by atoms with van der Waals surface area (Å²) in [5.74, 6) is 0. The molecule has 0 N–H and O–H groups in total. The Morgan fingerprint density at radius 2 is 0.588 bits per heavy atom. The summed E-state index contributed by atoms with van der Waals surface area (Å²) in [6.45, 7) is 4.38. The first-order valence-corrected chi connectivity index (χ1v) is 17.6. The van der Waals surface area contributed by atoms with Crippen LogP contribution in [-0.4, -0.2) is 0 Å². The summed E-state index contributed by atoms with van der Waals surface area (Å²) in [7, 11) is 0. The maximum absolute atomic E-state index is 2.33. The predicted molar refractivity (Wildman–Crippen MR) is 218 cm³/mol. The molecule has 8 aromatic carbocycles. The summed E-state index contributed by atoms with van der Waals surface area (Å²) in [6.07, 6.45) is 0. The van der Waals surface area contributed by atoms with Crippen LogP contribution in [0.4, 0.5) is 17.1 Å². The minimum atomic E-state index is 1.12. The van der Waals surface area contributed by atoms with Gasteiger partial charge in [-0.2, -0.15) is 0 Å². The lowest BCUT2D eigenvalue weighted by atomic mass is 9.93. The molecule has 0 aliphatic rings. The molecule has 8 aromatic rings. The number of rotatable bonds is 8. The zero-order chi connectivity index (χ0) is 34.6. The van der Waals surface area contributed by atoms with Crippen molar-refractivity contribution in [1.82, 2.24) is 0 Å². The zero-order valence-corrected chi connectivity index (χ0v) is 29.0. The van der Waals surface area contributed by atoms with E-state index in [1.54, 1.807) is 0 Å². The van der Waals surface area contributed by atoms with Gasteiger partial charge in [0.25, 0.3) is 0 Å². The Hall–Kier alpha value is -6.44. The second-order valence-electron chi connectivity index (χ2n) is 13.1. The van der Waals surface area contributed by atoms with Gasteiger partial charge in [0.05, 0.1) is 0 Å². The van der Waals surface area contributed by atoms with E-state index < -0.39 is 0 Å². The highest BCUT2D eigenvalue weighted by Crippen LogP contribution is 2.38. The zero-order valence-electron chi connectivity index (χ0n) is 29.0. The maximum Gasteiger partial charge on any atom is 0.0462 e. The molecule has 0 radical (unpaired) electrons. The van der Waals surface area contributed by atoms with Crippen LogP contribution < -0.4 is 4.90 Å². The van der Waals surface area contributed by atoms with Crippen molar-refractivity contribution in [2.75, 3.05) is 4.90 Å². The van der Waals surface area contributed by atoms with Crippen molar-refractivity contribution >= 4 is 17.1 Å². The number of benzene rings is 8. The second kappa shape index (κ2) is 14.2. The van der Waals surface area contributed by atoms with E-state index in [9.17, 15) is 0 Å². The van der Waals surface area contributed by atoms with Crippen LogP contribution in [0.1, 0.15) is 11.1 Å². The molecule has 0 heterocycles. The van der Waals surface area contributed by atoms with E-state index in [2.05, 4.69) is 219 Å². The first-order valence-electron chi connectivity index (χ1n) is 17.6. The molecular formula is C50H39N. The number of para-hydroxylation sites is 1. The third-order valence-corrected chi connectivity index (χ3v) is 9.82. The van der Waals surface area contributed by atoms with Gasteiger partial charge in [-0.1, -0.05) is 158 Å². The Labute approximate surface area is 301 Å². The summed E-state index contributed by atoms with van der Waals surface area (Å²) in [5, 5.41) is 0. The smallest absolute Gasteiger partial charge is 0.0462 e. The van der Waals surface area contributed by atoms with Gasteiger partial charge in [-0.25, -0.2) is 0 Å². The minimum Gasteiger partial charge on any atom is -0.311 e. The third kappa shape index (κ3) is 6.75. The van der Waals surface area contributed by atoms with Crippen LogP contribution in [0.3, 0.4) is 0 Å². The fraction of sp³-hybridized carbons (Fsp3) is 0.0400. The molecular weight excluding hydrogens is 615 g/mol. The Morgan fingerprint density at radius 3 is 1.08 bits per heavy atom. The predicted octanol–water partition coefficient (Wildman–Crippen LogP) is 14.1. The van der Waals surface area contributed by atoms with Crippen LogP contribution in [-0.2, 0) is 0 Å². The fourth-order valence-corrected chi connectivity index (χ4v) is 6.94. The lowest BCUT2D eigenvalue weighted by molar-refractivity contribution is 1.28. The molecule has 0 aliphatic carbocycles.